The fourth-order valence-electron chi connectivity index (χ4n) is 4.58. The molecule has 1 saturated carbocycles. The maximum atomic E-state index is 12.8. The number of hydrogen-bond donors (Lipinski definition) is 9. The minimum atomic E-state index is -5.57. The molecule has 1 rings (SSSR count). The van der Waals surface area contributed by atoms with Gasteiger partial charge in [-0.2, -0.15) is 0 Å². The molecule has 286 valence electrons. The molecule has 0 saturated heterocycles. The van der Waals surface area contributed by atoms with Crippen LogP contribution in [0.25, 0.3) is 0 Å². The molecule has 0 bridgehead atoms. The molecule has 0 aromatic heterocycles. The first kappa shape index (κ1) is 47.1. The van der Waals surface area contributed by atoms with Crippen molar-refractivity contribution >= 4 is 35.4 Å². The van der Waals surface area contributed by atoms with Gasteiger partial charge in [-0.3, -0.25) is 27.7 Å². The monoisotopic (exact) mass is 763 g/mol. The van der Waals surface area contributed by atoms with E-state index in [1.807, 2.05) is 13.8 Å². The average Bonchev–Trinajstić information content (AvgIpc) is 2.96. The zero-order valence-electron chi connectivity index (χ0n) is 27.1. The molecule has 1 aliphatic rings. The van der Waals surface area contributed by atoms with Crippen LogP contribution in [0.4, 0.5) is 0 Å². The van der Waals surface area contributed by atoms with Gasteiger partial charge in [-0.15, -0.1) is 0 Å². The Morgan fingerprint density at radius 3 is 1.52 bits per heavy atom. The summed E-state index contributed by atoms with van der Waals surface area (Å²) in [4.78, 5) is 71.6. The summed E-state index contributed by atoms with van der Waals surface area (Å²) in [6.07, 6.45) is -7.79. The van der Waals surface area contributed by atoms with Crippen molar-refractivity contribution in [3.05, 3.63) is 0 Å². The first-order valence-electron chi connectivity index (χ1n) is 15.3. The molecule has 0 aromatic rings. The van der Waals surface area contributed by atoms with Gasteiger partial charge < -0.3 is 55.4 Å². The molecule has 8 atom stereocenters. The van der Waals surface area contributed by atoms with Gasteiger partial charge in [0, 0.05) is 12.8 Å². The van der Waals surface area contributed by atoms with E-state index in [9.17, 15) is 53.3 Å². The van der Waals surface area contributed by atoms with Crippen LogP contribution in [-0.2, 0) is 50.9 Å². The maximum Gasteiger partial charge on any atom is 0.472 e. The zero-order valence-corrected chi connectivity index (χ0v) is 29.7. The molecule has 1 fully saturated rings. The Bertz CT molecular complexity index is 1090. The lowest BCUT2D eigenvalue weighted by Gasteiger charge is -2.44. The predicted octanol–water partition coefficient (Wildman–Crippen LogP) is 1.88. The second-order valence-corrected chi connectivity index (χ2v) is 14.8. The molecule has 0 heterocycles. The third-order valence-corrected chi connectivity index (χ3v) is 8.94. The van der Waals surface area contributed by atoms with Gasteiger partial charge in [0.05, 0.1) is 6.61 Å². The van der Waals surface area contributed by atoms with E-state index in [4.69, 9.17) is 28.3 Å². The van der Waals surface area contributed by atoms with Gasteiger partial charge in [0.2, 0.25) is 0 Å². The molecule has 0 radical (unpaired) electrons. The topological polar surface area (TPSA) is 338 Å². The van der Waals surface area contributed by atoms with Crippen LogP contribution in [0.1, 0.15) is 90.9 Å². The molecule has 48 heavy (non-hydrogen) atoms. The van der Waals surface area contributed by atoms with Gasteiger partial charge in [-0.1, -0.05) is 65.2 Å². The highest BCUT2D eigenvalue weighted by Gasteiger charge is 2.56. The lowest BCUT2D eigenvalue weighted by Crippen LogP contribution is -2.65. The maximum absolute atomic E-state index is 12.8. The van der Waals surface area contributed by atoms with Gasteiger partial charge in [-0.25, -0.2) is 13.7 Å². The number of carbonyl (C=O) groups excluding carboxylic acids is 2. The summed E-state index contributed by atoms with van der Waals surface area (Å²) in [5.74, 6) is -1.33. The third kappa shape index (κ3) is 19.5. The van der Waals surface area contributed by atoms with Crippen LogP contribution >= 0.6 is 23.5 Å². The number of rotatable bonds is 24. The van der Waals surface area contributed by atoms with Gasteiger partial charge in [0.15, 0.2) is 6.10 Å². The van der Waals surface area contributed by atoms with Crippen molar-refractivity contribution in [3.8, 4) is 0 Å². The van der Waals surface area contributed by atoms with Crippen molar-refractivity contribution in [3.63, 3.8) is 0 Å². The molecule has 0 aromatic carbocycles. The van der Waals surface area contributed by atoms with Gasteiger partial charge in [0.25, 0.3) is 0 Å². The standard InChI is InChI=1S/C25H49O19P3.H3N/c1-3-5-7-9-11-13-18(26)39-15-17(41-19(27)14-12-10-8-6-4-2)16-40-47(37,38)44-23-20(28)21(29)24(42-45(31,32)33)25(22(23)30)43-46(34,35)36;/h17,20-25,28-30H,3-16H2,1-2H3,(H,37,38)(H2,31,32,33)(H2,34,35,36);1H3/t17-,20-,21+,22+,23-,24-,25-;/m1./s1. The van der Waals surface area contributed by atoms with Crippen LogP contribution < -0.4 is 6.15 Å². The fraction of sp³-hybridized carbons (Fsp3) is 0.920. The number of ether oxygens (including phenoxy) is 2. The quantitative estimate of drug-likeness (QED) is 0.0385. The van der Waals surface area contributed by atoms with Crippen LogP contribution in [-0.4, -0.2) is 108 Å². The Balaban J connectivity index is 0.0000221. The fourth-order valence-corrected chi connectivity index (χ4v) is 6.68. The summed E-state index contributed by atoms with van der Waals surface area (Å²) in [7, 11) is -16.5. The van der Waals surface area contributed by atoms with Crippen LogP contribution in [0.15, 0.2) is 0 Å². The number of esters is 2. The molecule has 0 aliphatic heterocycles. The Kier molecular flexibility index (Phi) is 22.4. The van der Waals surface area contributed by atoms with Gasteiger partial charge in [0.1, 0.15) is 43.2 Å². The SMILES string of the molecule is CCCCCCCC(=O)OC[C@H](COP(=O)(O)O[C@@H]1[C@H](O)[C@H](O)[C@@H](OP(=O)(O)O)[C@H](OP(=O)(O)O)[C@H]1O)OC(=O)CCCCCCC.N. The predicted molar refractivity (Wildman–Crippen MR) is 165 cm³/mol. The molecular weight excluding hydrogens is 711 g/mol. The van der Waals surface area contributed by atoms with Crippen molar-refractivity contribution < 1.29 is 90.6 Å². The van der Waals surface area contributed by atoms with E-state index in [1.54, 1.807) is 0 Å². The molecule has 23 heteroatoms. The lowest BCUT2D eigenvalue weighted by molar-refractivity contribution is -0.213. The summed E-state index contributed by atoms with van der Waals surface area (Å²) in [6, 6.07) is 0. The Labute approximate surface area is 279 Å². The summed E-state index contributed by atoms with van der Waals surface area (Å²) in [6.45, 7) is 2.59. The number of unbranched alkanes of at least 4 members (excludes halogenated alkanes) is 8. The minimum Gasteiger partial charge on any atom is -0.462 e. The smallest absolute Gasteiger partial charge is 0.462 e. The van der Waals surface area contributed by atoms with E-state index in [0.29, 0.717) is 12.8 Å². The van der Waals surface area contributed by atoms with E-state index in [-0.39, 0.29) is 19.0 Å². The number of carbonyl (C=O) groups is 2. The highest BCUT2D eigenvalue weighted by atomic mass is 31.2. The Hall–Kier alpha value is -0.890. The van der Waals surface area contributed by atoms with E-state index in [2.05, 4.69) is 9.05 Å². The molecule has 1 aliphatic carbocycles. The number of aliphatic hydroxyl groups is 3. The Morgan fingerprint density at radius 2 is 1.04 bits per heavy atom. The van der Waals surface area contributed by atoms with Crippen LogP contribution in [0.3, 0.4) is 0 Å². The number of phosphoric ester groups is 3. The van der Waals surface area contributed by atoms with Crippen LogP contribution in [0, 0.1) is 0 Å². The molecule has 20 nitrogen and oxygen atoms in total. The molecule has 11 N–H and O–H groups in total. The summed E-state index contributed by atoms with van der Waals surface area (Å²) >= 11 is 0. The molecule has 0 amide bonds. The highest BCUT2D eigenvalue weighted by Crippen LogP contribution is 2.51. The Morgan fingerprint density at radius 1 is 0.604 bits per heavy atom. The highest BCUT2D eigenvalue weighted by molar-refractivity contribution is 7.47. The summed E-state index contributed by atoms with van der Waals surface area (Å²) in [5.41, 5.74) is 0. The number of hydrogen-bond acceptors (Lipinski definition) is 15. The van der Waals surface area contributed by atoms with Crippen LogP contribution in [0.2, 0.25) is 0 Å². The molecule has 1 unspecified atom stereocenters. The minimum absolute atomic E-state index is 0. The third-order valence-electron chi connectivity index (χ3n) is 6.91. The largest absolute Gasteiger partial charge is 0.472 e. The second-order valence-electron chi connectivity index (χ2n) is 11.1. The zero-order chi connectivity index (χ0) is 35.8. The number of phosphoric acid groups is 3. The first-order valence-corrected chi connectivity index (χ1v) is 19.9. The van der Waals surface area contributed by atoms with E-state index in [0.717, 1.165) is 51.4 Å². The van der Waals surface area contributed by atoms with E-state index < -0.39 is 91.3 Å². The lowest BCUT2D eigenvalue weighted by atomic mass is 9.85. The molecular formula is C25H52NO19P3. The van der Waals surface area contributed by atoms with Crippen molar-refractivity contribution in [1.29, 1.82) is 0 Å². The van der Waals surface area contributed by atoms with Gasteiger partial charge in [-0.05, 0) is 12.8 Å². The second kappa shape index (κ2) is 22.8. The van der Waals surface area contributed by atoms with Crippen molar-refractivity contribution in [1.82, 2.24) is 6.15 Å². The van der Waals surface area contributed by atoms with E-state index in [1.165, 1.54) is 0 Å². The van der Waals surface area contributed by atoms with Gasteiger partial charge >= 0.3 is 35.4 Å². The normalized spacial score (nSPS) is 25.0. The molecule has 0 spiro atoms. The van der Waals surface area contributed by atoms with Crippen molar-refractivity contribution in [2.75, 3.05) is 13.2 Å². The van der Waals surface area contributed by atoms with Crippen molar-refractivity contribution in [2.24, 2.45) is 0 Å². The van der Waals surface area contributed by atoms with E-state index >= 15 is 0 Å². The summed E-state index contributed by atoms with van der Waals surface area (Å²) in [5, 5.41) is 31.4. The first-order chi connectivity index (χ1) is 21.8. The number of aliphatic hydroxyl groups excluding tert-OH is 3. The summed E-state index contributed by atoms with van der Waals surface area (Å²) < 4.78 is 64.2. The van der Waals surface area contributed by atoms with Crippen LogP contribution in [0.5, 0.6) is 0 Å². The van der Waals surface area contributed by atoms with Crippen molar-refractivity contribution in [2.45, 2.75) is 134 Å². The average molecular weight is 764 g/mol.